The molecule has 1 aromatic carbocycles. The summed E-state index contributed by atoms with van der Waals surface area (Å²) in [5.41, 5.74) is 9.63. The maximum absolute atomic E-state index is 12.2. The molecule has 1 aliphatic heterocycles. The number of benzene rings is 1. The van der Waals surface area contributed by atoms with Crippen LogP contribution in [0, 0.1) is 0 Å². The molecule has 0 aliphatic carbocycles. The van der Waals surface area contributed by atoms with Crippen LogP contribution in [0.1, 0.15) is 55.3 Å². The molecular weight excluding hydrogens is 346 g/mol. The monoisotopic (exact) mass is 371 g/mol. The lowest BCUT2D eigenvalue weighted by Gasteiger charge is -2.22. The third-order valence-corrected chi connectivity index (χ3v) is 4.25. The Labute approximate surface area is 158 Å². The van der Waals surface area contributed by atoms with Crippen LogP contribution in [0.15, 0.2) is 41.7 Å². The number of hydrogen-bond donors (Lipinski definition) is 2. The molecule has 1 fully saturated rings. The second-order valence-electron chi connectivity index (χ2n) is 6.64. The van der Waals surface area contributed by atoms with Crippen LogP contribution in [0.2, 0.25) is 0 Å². The Morgan fingerprint density at radius 3 is 2.81 bits per heavy atom. The average Bonchev–Trinajstić information content (AvgIpc) is 3.18. The molecule has 1 aliphatic rings. The van der Waals surface area contributed by atoms with E-state index in [1.807, 2.05) is 24.6 Å². The largest absolute Gasteiger partial charge is 0.381 e. The fraction of sp³-hybridized carbons (Fsp3) is 0.421. The molecule has 1 unspecified atom stereocenters. The van der Waals surface area contributed by atoms with Crippen LogP contribution in [0.3, 0.4) is 0 Å². The zero-order valence-electron chi connectivity index (χ0n) is 15.6. The molecule has 144 valence electrons. The predicted octanol–water partition coefficient (Wildman–Crippen LogP) is 2.69. The second kappa shape index (κ2) is 8.79. The van der Waals surface area contributed by atoms with Gasteiger partial charge in [0.2, 0.25) is 0 Å². The number of amidine groups is 1. The highest BCUT2D eigenvalue weighted by atomic mass is 16.8. The van der Waals surface area contributed by atoms with E-state index in [-0.39, 0.29) is 18.2 Å². The Balaban J connectivity index is 1.62. The fourth-order valence-corrected chi connectivity index (χ4v) is 2.79. The summed E-state index contributed by atoms with van der Waals surface area (Å²) in [4.78, 5) is 26.1. The van der Waals surface area contributed by atoms with Gasteiger partial charge >= 0.3 is 0 Å². The Bertz CT molecular complexity index is 792. The van der Waals surface area contributed by atoms with Crippen molar-refractivity contribution in [3.8, 4) is 0 Å². The molecule has 1 amide bonds. The third-order valence-electron chi connectivity index (χ3n) is 4.25. The molecule has 27 heavy (non-hydrogen) atoms. The summed E-state index contributed by atoms with van der Waals surface area (Å²) >= 11 is 0. The molecule has 8 heteroatoms. The van der Waals surface area contributed by atoms with Crippen LogP contribution in [-0.4, -0.2) is 34.2 Å². The molecule has 0 spiro atoms. The number of hydrogen-bond acceptors (Lipinski definition) is 5. The molecule has 2 aromatic rings. The number of nitrogens with two attached hydrogens (primary N) is 1. The Hall–Kier alpha value is -2.71. The highest BCUT2D eigenvalue weighted by molar-refractivity contribution is 5.96. The maximum atomic E-state index is 12.2. The highest BCUT2D eigenvalue weighted by Gasteiger charge is 2.16. The van der Waals surface area contributed by atoms with Gasteiger partial charge in [0.1, 0.15) is 0 Å². The van der Waals surface area contributed by atoms with E-state index in [1.165, 1.54) is 0 Å². The first-order valence-electron chi connectivity index (χ1n) is 9.09. The van der Waals surface area contributed by atoms with Gasteiger partial charge in [-0.2, -0.15) is 0 Å². The first-order valence-corrected chi connectivity index (χ1v) is 9.09. The van der Waals surface area contributed by atoms with Gasteiger partial charge in [0.15, 0.2) is 18.0 Å². The molecule has 8 nitrogen and oxygen atoms in total. The number of nitrogens with one attached hydrogen (secondary N) is 1. The van der Waals surface area contributed by atoms with Crippen molar-refractivity contribution in [2.75, 3.05) is 6.61 Å². The topological polar surface area (TPSA) is 104 Å². The number of ether oxygens (including phenoxy) is 1. The van der Waals surface area contributed by atoms with Gasteiger partial charge in [0.25, 0.3) is 5.91 Å². The normalized spacial score (nSPS) is 17.9. The van der Waals surface area contributed by atoms with E-state index in [9.17, 15) is 4.79 Å². The van der Waals surface area contributed by atoms with Crippen LogP contribution in [0.4, 0.5) is 5.69 Å². The number of carbonyl (C=O) groups is 1. The van der Waals surface area contributed by atoms with Crippen LogP contribution in [0.25, 0.3) is 0 Å². The van der Waals surface area contributed by atoms with E-state index in [0.717, 1.165) is 19.3 Å². The fourth-order valence-electron chi connectivity index (χ4n) is 2.79. The number of aliphatic imine (C=N–C) groups is 1. The number of imidazole rings is 1. The summed E-state index contributed by atoms with van der Waals surface area (Å²) in [5.74, 6) is 0.611. The number of carbonyl (C=O) groups excluding carboxylic acids is 1. The third kappa shape index (κ3) is 4.93. The van der Waals surface area contributed by atoms with Gasteiger partial charge in [0, 0.05) is 37.0 Å². The molecule has 1 atom stereocenters. The van der Waals surface area contributed by atoms with E-state index in [1.54, 1.807) is 30.5 Å². The minimum absolute atomic E-state index is 0.232. The van der Waals surface area contributed by atoms with Crippen LogP contribution < -0.4 is 11.2 Å². The summed E-state index contributed by atoms with van der Waals surface area (Å²) in [5, 5.41) is 0. The lowest BCUT2D eigenvalue weighted by atomic mass is 10.2. The maximum Gasteiger partial charge on any atom is 0.274 e. The van der Waals surface area contributed by atoms with Gasteiger partial charge in [-0.25, -0.2) is 20.3 Å². The summed E-state index contributed by atoms with van der Waals surface area (Å²) in [7, 11) is 0. The van der Waals surface area contributed by atoms with E-state index in [0.29, 0.717) is 29.5 Å². The molecular formula is C19H25N5O3. The van der Waals surface area contributed by atoms with Gasteiger partial charge < -0.3 is 15.0 Å². The van der Waals surface area contributed by atoms with Gasteiger partial charge in [-0.1, -0.05) is 0 Å². The molecule has 0 bridgehead atoms. The minimum atomic E-state index is -0.379. The van der Waals surface area contributed by atoms with Gasteiger partial charge in [-0.3, -0.25) is 4.79 Å². The van der Waals surface area contributed by atoms with Crippen molar-refractivity contribution in [1.82, 2.24) is 15.0 Å². The number of aromatic nitrogens is 2. The lowest BCUT2D eigenvalue weighted by molar-refractivity contribution is -0.186. The smallest absolute Gasteiger partial charge is 0.274 e. The van der Waals surface area contributed by atoms with Crippen molar-refractivity contribution in [3.05, 3.63) is 48.0 Å². The van der Waals surface area contributed by atoms with Crippen molar-refractivity contribution < 1.29 is 14.4 Å². The first-order chi connectivity index (χ1) is 13.0. The SMILES string of the molecule is CC(C)n1ccnc1C(N)=Nc1ccc(C(=O)NOC2CCCCO2)cc1. The first kappa shape index (κ1) is 19.1. The standard InChI is InChI=1S/C19H25N5O3/c1-13(2)24-11-10-21-18(24)17(20)22-15-8-6-14(7-9-15)19(25)23-27-16-5-3-4-12-26-16/h6-11,13,16H,3-5,12H2,1-2H3,(H2,20,22)(H,23,25). The van der Waals surface area contributed by atoms with E-state index < -0.39 is 0 Å². The Kier molecular flexibility index (Phi) is 6.20. The van der Waals surface area contributed by atoms with Crippen molar-refractivity contribution in [1.29, 1.82) is 0 Å². The number of amides is 1. The lowest BCUT2D eigenvalue weighted by Crippen LogP contribution is -2.33. The highest BCUT2D eigenvalue weighted by Crippen LogP contribution is 2.16. The number of nitrogens with zero attached hydrogens (tertiary/aromatic N) is 3. The van der Waals surface area contributed by atoms with E-state index >= 15 is 0 Å². The minimum Gasteiger partial charge on any atom is -0.381 e. The summed E-state index contributed by atoms with van der Waals surface area (Å²) in [6, 6.07) is 7.02. The average molecular weight is 371 g/mol. The zero-order valence-corrected chi connectivity index (χ0v) is 15.6. The van der Waals surface area contributed by atoms with Crippen molar-refractivity contribution >= 4 is 17.4 Å². The molecule has 3 N–H and O–H groups in total. The van der Waals surface area contributed by atoms with E-state index in [4.69, 9.17) is 15.3 Å². The van der Waals surface area contributed by atoms with E-state index in [2.05, 4.69) is 15.5 Å². The molecule has 1 saturated heterocycles. The predicted molar refractivity (Wildman–Crippen MR) is 102 cm³/mol. The van der Waals surface area contributed by atoms with Crippen molar-refractivity contribution in [2.45, 2.75) is 45.4 Å². The van der Waals surface area contributed by atoms with Gasteiger partial charge in [-0.05, 0) is 51.0 Å². The molecule has 0 radical (unpaired) electrons. The molecule has 0 saturated carbocycles. The van der Waals surface area contributed by atoms with Crippen molar-refractivity contribution in [2.24, 2.45) is 10.7 Å². The molecule has 1 aromatic heterocycles. The van der Waals surface area contributed by atoms with Crippen LogP contribution in [0.5, 0.6) is 0 Å². The Morgan fingerprint density at radius 2 is 2.15 bits per heavy atom. The number of hydroxylamine groups is 1. The zero-order chi connectivity index (χ0) is 19.2. The second-order valence-corrected chi connectivity index (χ2v) is 6.64. The molecule has 3 rings (SSSR count). The summed E-state index contributed by atoms with van der Waals surface area (Å²) in [6.45, 7) is 4.75. The summed E-state index contributed by atoms with van der Waals surface area (Å²) < 4.78 is 7.36. The van der Waals surface area contributed by atoms with Crippen LogP contribution >= 0.6 is 0 Å². The quantitative estimate of drug-likeness (QED) is 0.462. The number of rotatable bonds is 6. The Morgan fingerprint density at radius 1 is 1.37 bits per heavy atom. The van der Waals surface area contributed by atoms with Crippen molar-refractivity contribution in [3.63, 3.8) is 0 Å². The summed E-state index contributed by atoms with van der Waals surface area (Å²) in [6.07, 6.45) is 6.02. The van der Waals surface area contributed by atoms with Gasteiger partial charge in [-0.15, -0.1) is 0 Å². The van der Waals surface area contributed by atoms with Gasteiger partial charge in [0.05, 0.1) is 5.69 Å². The van der Waals surface area contributed by atoms with Crippen LogP contribution in [-0.2, 0) is 9.57 Å². The molecule has 2 heterocycles.